The first-order valence-electron chi connectivity index (χ1n) is 7.42. The second-order valence-corrected chi connectivity index (χ2v) is 5.82. The van der Waals surface area contributed by atoms with Crippen molar-refractivity contribution >= 4 is 5.95 Å². The normalized spacial score (nSPS) is 15.9. The zero-order valence-electron chi connectivity index (χ0n) is 12.6. The van der Waals surface area contributed by atoms with Crippen LogP contribution in [0.3, 0.4) is 0 Å². The van der Waals surface area contributed by atoms with Gasteiger partial charge in [-0.05, 0) is 26.7 Å². The van der Waals surface area contributed by atoms with E-state index in [1.807, 2.05) is 18.7 Å². The van der Waals surface area contributed by atoms with Gasteiger partial charge in [-0.2, -0.15) is 5.10 Å². The van der Waals surface area contributed by atoms with E-state index in [-0.39, 0.29) is 0 Å². The first-order chi connectivity index (χ1) is 9.63. The molecule has 1 aliphatic carbocycles. The Labute approximate surface area is 120 Å². The molecule has 0 spiro atoms. The molecular weight excluding hydrogens is 250 g/mol. The molecule has 2 aromatic rings. The van der Waals surface area contributed by atoms with Gasteiger partial charge in [0.1, 0.15) is 0 Å². The van der Waals surface area contributed by atoms with E-state index in [1.54, 1.807) is 0 Å². The standard InChI is InChI=1S/C15H23N5/c1-11-9-20(14-6-4-5-7-14)15(17-11)16-8-13-10-19(3)18-12(13)2/h9-10,14H,4-8H2,1-3H3,(H,16,17). The molecule has 0 amide bonds. The fraction of sp³-hybridized carbons (Fsp3) is 0.600. The third-order valence-corrected chi connectivity index (χ3v) is 4.12. The number of nitrogens with one attached hydrogen (secondary N) is 1. The lowest BCUT2D eigenvalue weighted by atomic mass is 10.2. The van der Waals surface area contributed by atoms with Crippen molar-refractivity contribution in [3.05, 3.63) is 29.3 Å². The first kappa shape index (κ1) is 13.2. The number of hydrogen-bond donors (Lipinski definition) is 1. The van der Waals surface area contributed by atoms with E-state index in [9.17, 15) is 0 Å². The van der Waals surface area contributed by atoms with Gasteiger partial charge in [0.15, 0.2) is 0 Å². The van der Waals surface area contributed by atoms with Crippen molar-refractivity contribution in [1.29, 1.82) is 0 Å². The lowest BCUT2D eigenvalue weighted by Crippen LogP contribution is -2.10. The molecular formula is C15H23N5. The van der Waals surface area contributed by atoms with E-state index in [1.165, 1.54) is 31.2 Å². The predicted molar refractivity (Wildman–Crippen MR) is 79.7 cm³/mol. The topological polar surface area (TPSA) is 47.7 Å². The van der Waals surface area contributed by atoms with Gasteiger partial charge in [0, 0.05) is 37.6 Å². The highest BCUT2D eigenvalue weighted by molar-refractivity contribution is 5.32. The largest absolute Gasteiger partial charge is 0.351 e. The molecule has 2 aromatic heterocycles. The highest BCUT2D eigenvalue weighted by Gasteiger charge is 2.20. The molecule has 20 heavy (non-hydrogen) atoms. The number of anilines is 1. The summed E-state index contributed by atoms with van der Waals surface area (Å²) in [5.74, 6) is 0.998. The van der Waals surface area contributed by atoms with Gasteiger partial charge in [-0.3, -0.25) is 4.68 Å². The zero-order valence-corrected chi connectivity index (χ0v) is 12.6. The van der Waals surface area contributed by atoms with E-state index < -0.39 is 0 Å². The van der Waals surface area contributed by atoms with Gasteiger partial charge in [0.2, 0.25) is 5.95 Å². The lowest BCUT2D eigenvalue weighted by Gasteiger charge is -2.15. The van der Waals surface area contributed by atoms with Crippen LogP contribution < -0.4 is 5.32 Å². The van der Waals surface area contributed by atoms with Crippen LogP contribution in [0.1, 0.15) is 48.7 Å². The molecule has 3 rings (SSSR count). The molecule has 1 fully saturated rings. The summed E-state index contributed by atoms with van der Waals surface area (Å²) in [6.45, 7) is 4.89. The Hall–Kier alpha value is -1.78. The fourth-order valence-corrected chi connectivity index (χ4v) is 3.10. The highest BCUT2D eigenvalue weighted by atomic mass is 15.3. The summed E-state index contributed by atoms with van der Waals surface area (Å²) in [5.41, 5.74) is 3.39. The highest BCUT2D eigenvalue weighted by Crippen LogP contribution is 2.32. The number of imidazole rings is 1. The summed E-state index contributed by atoms with van der Waals surface area (Å²) in [4.78, 5) is 4.63. The van der Waals surface area contributed by atoms with Crippen LogP contribution in [0.15, 0.2) is 12.4 Å². The summed E-state index contributed by atoms with van der Waals surface area (Å²) in [6, 6.07) is 0.619. The molecule has 108 valence electrons. The minimum Gasteiger partial charge on any atom is -0.351 e. The average Bonchev–Trinajstić information content (AvgIpc) is 3.07. The van der Waals surface area contributed by atoms with Crippen molar-refractivity contribution in [3.63, 3.8) is 0 Å². The Kier molecular flexibility index (Phi) is 3.51. The van der Waals surface area contributed by atoms with Crippen molar-refractivity contribution in [1.82, 2.24) is 19.3 Å². The third-order valence-electron chi connectivity index (χ3n) is 4.12. The molecule has 0 aromatic carbocycles. The molecule has 5 nitrogen and oxygen atoms in total. The molecule has 0 bridgehead atoms. The molecule has 1 N–H and O–H groups in total. The SMILES string of the molecule is Cc1cn(C2CCCC2)c(NCc2cn(C)nc2C)n1. The van der Waals surface area contributed by atoms with E-state index in [0.29, 0.717) is 6.04 Å². The number of nitrogens with zero attached hydrogens (tertiary/aromatic N) is 4. The number of rotatable bonds is 4. The van der Waals surface area contributed by atoms with Crippen LogP contribution in [0.4, 0.5) is 5.95 Å². The molecule has 0 atom stereocenters. The van der Waals surface area contributed by atoms with Crippen LogP contribution in [0, 0.1) is 13.8 Å². The molecule has 1 saturated carbocycles. The third kappa shape index (κ3) is 2.57. The lowest BCUT2D eigenvalue weighted by molar-refractivity contribution is 0.522. The second kappa shape index (κ2) is 5.31. The summed E-state index contributed by atoms with van der Waals surface area (Å²) < 4.78 is 4.19. The molecule has 2 heterocycles. The van der Waals surface area contributed by atoms with Gasteiger partial charge in [0.05, 0.1) is 11.4 Å². The minimum atomic E-state index is 0.619. The summed E-state index contributed by atoms with van der Waals surface area (Å²) >= 11 is 0. The van der Waals surface area contributed by atoms with Crippen molar-refractivity contribution in [2.75, 3.05) is 5.32 Å². The molecule has 0 saturated heterocycles. The Balaban J connectivity index is 1.75. The maximum Gasteiger partial charge on any atom is 0.203 e. The molecule has 1 aliphatic rings. The maximum atomic E-state index is 4.63. The van der Waals surface area contributed by atoms with Crippen molar-refractivity contribution < 1.29 is 0 Å². The van der Waals surface area contributed by atoms with Crippen LogP contribution in [-0.4, -0.2) is 19.3 Å². The Morgan fingerprint density at radius 2 is 2.00 bits per heavy atom. The van der Waals surface area contributed by atoms with Gasteiger partial charge in [-0.15, -0.1) is 0 Å². The van der Waals surface area contributed by atoms with Crippen LogP contribution in [0.5, 0.6) is 0 Å². The van der Waals surface area contributed by atoms with Crippen LogP contribution >= 0.6 is 0 Å². The fourth-order valence-electron chi connectivity index (χ4n) is 3.10. The number of aryl methyl sites for hydroxylation is 3. The summed E-state index contributed by atoms with van der Waals surface area (Å²) in [7, 11) is 1.96. The molecule has 0 aliphatic heterocycles. The van der Waals surface area contributed by atoms with Crippen molar-refractivity contribution in [2.45, 2.75) is 52.1 Å². The van der Waals surface area contributed by atoms with Crippen molar-refractivity contribution in [2.24, 2.45) is 7.05 Å². The van der Waals surface area contributed by atoms with Gasteiger partial charge >= 0.3 is 0 Å². The van der Waals surface area contributed by atoms with Gasteiger partial charge in [-0.25, -0.2) is 4.98 Å². The number of aromatic nitrogens is 4. The molecule has 5 heteroatoms. The quantitative estimate of drug-likeness (QED) is 0.931. The predicted octanol–water partition coefficient (Wildman–Crippen LogP) is 2.96. The summed E-state index contributed by atoms with van der Waals surface area (Å²) in [6.07, 6.45) is 9.46. The van der Waals surface area contributed by atoms with Crippen LogP contribution in [0.25, 0.3) is 0 Å². The Bertz CT molecular complexity index is 589. The second-order valence-electron chi connectivity index (χ2n) is 5.82. The van der Waals surface area contributed by atoms with Gasteiger partial charge in [0.25, 0.3) is 0 Å². The Morgan fingerprint density at radius 1 is 1.25 bits per heavy atom. The Morgan fingerprint density at radius 3 is 2.65 bits per heavy atom. The average molecular weight is 273 g/mol. The van der Waals surface area contributed by atoms with E-state index in [0.717, 1.165) is 23.9 Å². The number of hydrogen-bond acceptors (Lipinski definition) is 3. The van der Waals surface area contributed by atoms with E-state index >= 15 is 0 Å². The molecule has 0 unspecified atom stereocenters. The van der Waals surface area contributed by atoms with E-state index in [4.69, 9.17) is 0 Å². The zero-order chi connectivity index (χ0) is 14.1. The van der Waals surface area contributed by atoms with E-state index in [2.05, 4.69) is 39.3 Å². The van der Waals surface area contributed by atoms with Crippen LogP contribution in [0.2, 0.25) is 0 Å². The van der Waals surface area contributed by atoms with Gasteiger partial charge < -0.3 is 9.88 Å². The summed E-state index contributed by atoms with van der Waals surface area (Å²) in [5, 5.41) is 7.86. The van der Waals surface area contributed by atoms with Crippen LogP contribution in [-0.2, 0) is 13.6 Å². The monoisotopic (exact) mass is 273 g/mol. The first-order valence-corrected chi connectivity index (χ1v) is 7.42. The van der Waals surface area contributed by atoms with Gasteiger partial charge in [-0.1, -0.05) is 12.8 Å². The molecule has 0 radical (unpaired) electrons. The smallest absolute Gasteiger partial charge is 0.203 e. The van der Waals surface area contributed by atoms with Crippen molar-refractivity contribution in [3.8, 4) is 0 Å². The maximum absolute atomic E-state index is 4.63. The minimum absolute atomic E-state index is 0.619.